The summed E-state index contributed by atoms with van der Waals surface area (Å²) >= 11 is 0. The fourth-order valence-electron chi connectivity index (χ4n) is 5.62. The number of fused-ring (bicyclic) bond motifs is 2. The summed E-state index contributed by atoms with van der Waals surface area (Å²) in [7, 11) is 4.97. The molecule has 10 heteroatoms. The first-order chi connectivity index (χ1) is 19.9. The Morgan fingerprint density at radius 3 is 2.57 bits per heavy atom. The Labute approximate surface area is 246 Å². The molecule has 0 radical (unpaired) electrons. The summed E-state index contributed by atoms with van der Waals surface area (Å²) in [4.78, 5) is 35.4. The van der Waals surface area contributed by atoms with Crippen LogP contribution in [0.2, 0.25) is 0 Å². The van der Waals surface area contributed by atoms with Crippen molar-refractivity contribution in [1.29, 1.82) is 0 Å². The zero-order chi connectivity index (χ0) is 30.2. The van der Waals surface area contributed by atoms with Gasteiger partial charge in [0.1, 0.15) is 18.0 Å². The maximum Gasteiger partial charge on any atom is 0.410 e. The molecular weight excluding hydrogens is 539 g/mol. The maximum absolute atomic E-state index is 14.9. The van der Waals surface area contributed by atoms with E-state index < -0.39 is 17.5 Å². The first-order valence-electron chi connectivity index (χ1n) is 14.3. The number of ether oxygens (including phenoxy) is 3. The van der Waals surface area contributed by atoms with Gasteiger partial charge in [-0.1, -0.05) is 0 Å². The van der Waals surface area contributed by atoms with Crippen molar-refractivity contribution in [2.24, 2.45) is 11.8 Å². The number of carbonyl (C=O) groups is 2. The van der Waals surface area contributed by atoms with Crippen LogP contribution in [0.1, 0.15) is 27.2 Å². The Bertz CT molecular complexity index is 1470. The van der Waals surface area contributed by atoms with E-state index in [1.165, 1.54) is 18.1 Å². The predicted octanol–water partition coefficient (Wildman–Crippen LogP) is 5.21. The molecule has 0 aliphatic carbocycles. The van der Waals surface area contributed by atoms with Gasteiger partial charge in [-0.05, 0) is 69.5 Å². The van der Waals surface area contributed by atoms with Gasteiger partial charge in [0.15, 0.2) is 11.6 Å². The summed E-state index contributed by atoms with van der Waals surface area (Å²) in [5, 5.41) is 0.686. The first kappa shape index (κ1) is 29.4. The van der Waals surface area contributed by atoms with Gasteiger partial charge in [0.2, 0.25) is 5.91 Å². The van der Waals surface area contributed by atoms with Gasteiger partial charge in [0, 0.05) is 56.4 Å². The number of halogens is 1. The van der Waals surface area contributed by atoms with E-state index in [9.17, 15) is 14.0 Å². The van der Waals surface area contributed by atoms with Crippen LogP contribution in [-0.4, -0.2) is 86.4 Å². The number of methoxy groups -OCH3 is 1. The third-order valence-electron chi connectivity index (χ3n) is 7.92. The highest BCUT2D eigenvalue weighted by Crippen LogP contribution is 2.40. The van der Waals surface area contributed by atoms with Crippen molar-refractivity contribution in [1.82, 2.24) is 14.8 Å². The third kappa shape index (κ3) is 6.22. The smallest absolute Gasteiger partial charge is 0.410 e. The van der Waals surface area contributed by atoms with Crippen molar-refractivity contribution in [3.05, 3.63) is 48.3 Å². The molecule has 5 rings (SSSR count). The molecule has 0 bridgehead atoms. The van der Waals surface area contributed by atoms with E-state index in [4.69, 9.17) is 19.2 Å². The zero-order valence-corrected chi connectivity index (χ0v) is 25.1. The van der Waals surface area contributed by atoms with E-state index in [-0.39, 0.29) is 23.5 Å². The van der Waals surface area contributed by atoms with E-state index in [2.05, 4.69) is 4.90 Å². The predicted molar refractivity (Wildman–Crippen MR) is 159 cm³/mol. The fraction of sp³-hybridized carbons (Fsp3) is 0.469. The van der Waals surface area contributed by atoms with Crippen molar-refractivity contribution < 1.29 is 28.2 Å². The molecule has 3 heterocycles. The summed E-state index contributed by atoms with van der Waals surface area (Å²) in [5.41, 5.74) is 2.50. The quantitative estimate of drug-likeness (QED) is 0.381. The minimum Gasteiger partial charge on any atom is -0.494 e. The Hall–Kier alpha value is -4.08. The SMILES string of the molecule is COc1cc2nc(-c3ccc(OCCN(C)C(=O)OC(C)(C)C)cc3)cc(N3CC4CCN(C)C(=O)C4C3)c2cc1F. The van der Waals surface area contributed by atoms with Crippen molar-refractivity contribution in [3.63, 3.8) is 0 Å². The van der Waals surface area contributed by atoms with Crippen LogP contribution in [0.3, 0.4) is 0 Å². The fourth-order valence-corrected chi connectivity index (χ4v) is 5.62. The van der Waals surface area contributed by atoms with Gasteiger partial charge in [0.05, 0.1) is 30.8 Å². The Morgan fingerprint density at radius 2 is 1.88 bits per heavy atom. The van der Waals surface area contributed by atoms with Gasteiger partial charge >= 0.3 is 6.09 Å². The highest BCUT2D eigenvalue weighted by Gasteiger charge is 2.42. The summed E-state index contributed by atoms with van der Waals surface area (Å²) in [5.74, 6) is 0.719. The van der Waals surface area contributed by atoms with Gasteiger partial charge in [-0.25, -0.2) is 14.2 Å². The van der Waals surface area contributed by atoms with Gasteiger partial charge in [0.25, 0.3) is 0 Å². The van der Waals surface area contributed by atoms with Crippen molar-refractivity contribution in [2.75, 3.05) is 58.9 Å². The van der Waals surface area contributed by atoms with Crippen LogP contribution in [0.15, 0.2) is 42.5 Å². The van der Waals surface area contributed by atoms with E-state index in [0.717, 1.165) is 36.5 Å². The third-order valence-corrected chi connectivity index (χ3v) is 7.92. The minimum atomic E-state index is -0.556. The van der Waals surface area contributed by atoms with Crippen LogP contribution in [0.4, 0.5) is 14.9 Å². The molecule has 0 spiro atoms. The Morgan fingerprint density at radius 1 is 1.14 bits per heavy atom. The Balaban J connectivity index is 1.37. The molecule has 2 atom stereocenters. The molecule has 224 valence electrons. The number of anilines is 1. The average Bonchev–Trinajstić information content (AvgIpc) is 3.38. The van der Waals surface area contributed by atoms with Crippen LogP contribution >= 0.6 is 0 Å². The van der Waals surface area contributed by atoms with Gasteiger partial charge in [-0.3, -0.25) is 4.79 Å². The number of carbonyl (C=O) groups excluding carboxylic acids is 2. The van der Waals surface area contributed by atoms with E-state index in [1.54, 1.807) is 13.1 Å². The highest BCUT2D eigenvalue weighted by atomic mass is 19.1. The number of benzene rings is 2. The topological polar surface area (TPSA) is 84.4 Å². The second kappa shape index (κ2) is 11.7. The number of pyridine rings is 1. The molecule has 0 N–H and O–H groups in total. The van der Waals surface area contributed by atoms with Crippen LogP contribution in [0.25, 0.3) is 22.2 Å². The number of aromatic nitrogens is 1. The van der Waals surface area contributed by atoms with Crippen LogP contribution in [0.5, 0.6) is 11.5 Å². The lowest BCUT2D eigenvalue weighted by Gasteiger charge is -2.30. The summed E-state index contributed by atoms with van der Waals surface area (Å²) in [6, 6.07) is 12.6. The normalized spacial score (nSPS) is 18.7. The van der Waals surface area contributed by atoms with Crippen molar-refractivity contribution in [3.8, 4) is 22.8 Å². The van der Waals surface area contributed by atoms with Crippen LogP contribution in [0, 0.1) is 17.7 Å². The molecule has 3 aromatic rings. The molecule has 2 aliphatic heterocycles. The van der Waals surface area contributed by atoms with E-state index >= 15 is 0 Å². The second-order valence-corrected chi connectivity index (χ2v) is 12.1. The molecule has 1 aromatic heterocycles. The molecule has 2 fully saturated rings. The first-order valence-corrected chi connectivity index (χ1v) is 14.3. The number of likely N-dealkylation sites (tertiary alicyclic amines) is 1. The van der Waals surface area contributed by atoms with Gasteiger partial charge in [-0.15, -0.1) is 0 Å². The lowest BCUT2D eigenvalue weighted by Crippen LogP contribution is -2.42. The second-order valence-electron chi connectivity index (χ2n) is 12.1. The molecule has 2 aliphatic rings. The Kier molecular flexibility index (Phi) is 8.17. The van der Waals surface area contributed by atoms with E-state index in [0.29, 0.717) is 36.3 Å². The maximum atomic E-state index is 14.9. The number of nitrogens with zero attached hydrogens (tertiary/aromatic N) is 4. The largest absolute Gasteiger partial charge is 0.494 e. The number of likely N-dealkylation sites (N-methyl/N-ethyl adjacent to an activating group) is 1. The summed E-state index contributed by atoms with van der Waals surface area (Å²) < 4.78 is 31.3. The van der Waals surface area contributed by atoms with Gasteiger partial charge < -0.3 is 28.9 Å². The van der Waals surface area contributed by atoms with Gasteiger partial charge in [-0.2, -0.15) is 0 Å². The summed E-state index contributed by atoms with van der Waals surface area (Å²) in [6.45, 7) is 8.26. The molecular formula is C32H39FN4O5. The molecule has 42 heavy (non-hydrogen) atoms. The van der Waals surface area contributed by atoms with Crippen LogP contribution in [-0.2, 0) is 9.53 Å². The zero-order valence-electron chi connectivity index (χ0n) is 25.1. The molecule has 2 saturated heterocycles. The number of piperidine rings is 1. The highest BCUT2D eigenvalue weighted by molar-refractivity contribution is 5.96. The molecule has 2 aromatic carbocycles. The number of hydrogen-bond donors (Lipinski definition) is 0. The van der Waals surface area contributed by atoms with Crippen LogP contribution < -0.4 is 14.4 Å². The van der Waals surface area contributed by atoms with E-state index in [1.807, 2.05) is 63.1 Å². The lowest BCUT2D eigenvalue weighted by molar-refractivity contribution is -0.137. The standard InChI is InChI=1S/C32H39FN4O5/c1-32(2,3)42-31(39)36(5)13-14-41-22-9-7-20(8-10-22)26-16-28(23-15-25(33)29(40-6)17-27(23)34-26)37-18-21-11-12-35(4)30(38)24(21)19-37/h7-10,15-17,21,24H,11-14,18-19H2,1-6H3. The minimum absolute atomic E-state index is 0.0655. The summed E-state index contributed by atoms with van der Waals surface area (Å²) in [6.07, 6.45) is 0.557. The molecule has 0 saturated carbocycles. The molecule has 2 unspecified atom stereocenters. The number of hydrogen-bond acceptors (Lipinski definition) is 7. The number of amides is 2. The monoisotopic (exact) mass is 578 g/mol. The van der Waals surface area contributed by atoms with Crippen molar-refractivity contribution in [2.45, 2.75) is 32.8 Å². The molecule has 9 nitrogen and oxygen atoms in total. The lowest BCUT2D eigenvalue weighted by atomic mass is 9.88. The average molecular weight is 579 g/mol. The van der Waals surface area contributed by atoms with Crippen molar-refractivity contribution >= 4 is 28.6 Å². The molecule has 2 amide bonds. The number of rotatable bonds is 7.